The molecule has 0 bridgehead atoms. The summed E-state index contributed by atoms with van der Waals surface area (Å²) < 4.78 is 5.25. The lowest BCUT2D eigenvalue weighted by atomic mass is 9.78. The molecule has 0 unspecified atom stereocenters. The fourth-order valence-electron chi connectivity index (χ4n) is 4.92. The first-order valence-electron chi connectivity index (χ1n) is 10.4. The minimum absolute atomic E-state index is 0.363. The lowest BCUT2D eigenvalue weighted by Crippen LogP contribution is -2.52. The molecule has 4 nitrogen and oxygen atoms in total. The van der Waals surface area contributed by atoms with Crippen molar-refractivity contribution in [3.05, 3.63) is 29.8 Å². The Bertz CT molecular complexity index is 609. The van der Waals surface area contributed by atoms with Crippen molar-refractivity contribution in [1.82, 2.24) is 9.80 Å². The highest BCUT2D eigenvalue weighted by Crippen LogP contribution is 2.36. The zero-order valence-electron chi connectivity index (χ0n) is 16.0. The monoisotopic (exact) mass is 356 g/mol. The molecule has 0 aromatic heterocycles. The normalized spacial score (nSPS) is 25.8. The van der Waals surface area contributed by atoms with Crippen molar-refractivity contribution in [3.8, 4) is 5.75 Å². The average molecular weight is 357 g/mol. The molecule has 2 saturated carbocycles. The third-order valence-electron chi connectivity index (χ3n) is 6.51. The third-order valence-corrected chi connectivity index (χ3v) is 6.51. The van der Waals surface area contributed by atoms with Gasteiger partial charge in [0, 0.05) is 25.2 Å². The molecule has 1 amide bonds. The van der Waals surface area contributed by atoms with Crippen LogP contribution in [0.3, 0.4) is 0 Å². The Morgan fingerprint density at radius 2 is 1.81 bits per heavy atom. The van der Waals surface area contributed by atoms with Crippen LogP contribution in [-0.4, -0.2) is 48.0 Å². The van der Waals surface area contributed by atoms with Gasteiger partial charge in [-0.2, -0.15) is 0 Å². The molecular formula is C22H32N2O2. The molecule has 1 saturated heterocycles. The van der Waals surface area contributed by atoms with E-state index in [9.17, 15) is 4.79 Å². The minimum atomic E-state index is 0.363. The summed E-state index contributed by atoms with van der Waals surface area (Å²) in [5, 5.41) is 0. The smallest absolute Gasteiger partial charge is 0.237 e. The molecule has 0 radical (unpaired) electrons. The van der Waals surface area contributed by atoms with Crippen LogP contribution >= 0.6 is 0 Å². The average Bonchev–Trinajstić information content (AvgIpc) is 3.53. The molecule has 2 atom stereocenters. The molecule has 2 aliphatic carbocycles. The molecule has 26 heavy (non-hydrogen) atoms. The Morgan fingerprint density at radius 1 is 1.08 bits per heavy atom. The zero-order chi connectivity index (χ0) is 17.9. The number of hydrogen-bond donors (Lipinski definition) is 0. The Balaban J connectivity index is 1.40. The van der Waals surface area contributed by atoms with Crippen molar-refractivity contribution in [3.63, 3.8) is 0 Å². The van der Waals surface area contributed by atoms with Crippen LogP contribution in [0.15, 0.2) is 24.3 Å². The third kappa shape index (κ3) is 4.06. The molecule has 1 aliphatic heterocycles. The Morgan fingerprint density at radius 3 is 2.54 bits per heavy atom. The number of piperidine rings is 1. The Kier molecular flexibility index (Phi) is 5.49. The molecule has 4 rings (SSSR count). The summed E-state index contributed by atoms with van der Waals surface area (Å²) in [4.78, 5) is 17.8. The largest absolute Gasteiger partial charge is 0.497 e. The predicted molar refractivity (Wildman–Crippen MR) is 103 cm³/mol. The van der Waals surface area contributed by atoms with E-state index in [1.807, 2.05) is 12.1 Å². The Hall–Kier alpha value is -1.55. The van der Waals surface area contributed by atoms with E-state index in [-0.39, 0.29) is 0 Å². The lowest BCUT2D eigenvalue weighted by molar-refractivity contribution is -0.139. The summed E-state index contributed by atoms with van der Waals surface area (Å²) in [5.41, 5.74) is 1.26. The number of nitrogens with zero attached hydrogens (tertiary/aromatic N) is 2. The van der Waals surface area contributed by atoms with Crippen molar-refractivity contribution in [2.24, 2.45) is 5.92 Å². The van der Waals surface area contributed by atoms with Gasteiger partial charge < -0.3 is 9.64 Å². The predicted octanol–water partition coefficient (Wildman–Crippen LogP) is 3.84. The van der Waals surface area contributed by atoms with Crippen LogP contribution < -0.4 is 4.74 Å². The van der Waals surface area contributed by atoms with Crippen LogP contribution in [0.1, 0.15) is 56.9 Å². The molecule has 3 aliphatic rings. The number of carbonyl (C=O) groups is 1. The van der Waals surface area contributed by atoms with Gasteiger partial charge in [0.25, 0.3) is 0 Å². The molecule has 0 N–H and O–H groups in total. The second kappa shape index (κ2) is 7.99. The lowest BCUT2D eigenvalue weighted by Gasteiger charge is -2.44. The summed E-state index contributed by atoms with van der Waals surface area (Å²) >= 11 is 0. The van der Waals surface area contributed by atoms with Crippen molar-refractivity contribution in [2.45, 2.75) is 70.0 Å². The van der Waals surface area contributed by atoms with E-state index in [1.165, 1.54) is 56.9 Å². The number of carbonyl (C=O) groups excluding carboxylic acids is 1. The van der Waals surface area contributed by atoms with Gasteiger partial charge in [0.05, 0.1) is 13.7 Å². The number of fused-ring (bicyclic) bond motifs is 1. The van der Waals surface area contributed by atoms with Crippen LogP contribution in [0.5, 0.6) is 5.75 Å². The number of amides is 1. The van der Waals surface area contributed by atoms with E-state index in [2.05, 4.69) is 21.9 Å². The maximum atomic E-state index is 13.2. The van der Waals surface area contributed by atoms with Gasteiger partial charge in [0.15, 0.2) is 0 Å². The highest BCUT2D eigenvalue weighted by atomic mass is 16.5. The second-order valence-electron chi connectivity index (χ2n) is 8.33. The van der Waals surface area contributed by atoms with Crippen LogP contribution in [0.2, 0.25) is 0 Å². The van der Waals surface area contributed by atoms with E-state index < -0.39 is 0 Å². The second-order valence-corrected chi connectivity index (χ2v) is 8.33. The number of rotatable bonds is 6. The SMILES string of the molecule is COc1ccc(CN(CC(=O)N2CCC[C@H]3CCCC[C@@H]32)C2CC2)cc1. The topological polar surface area (TPSA) is 32.8 Å². The first kappa shape index (κ1) is 17.8. The van der Waals surface area contributed by atoms with Crippen LogP contribution in [0, 0.1) is 5.92 Å². The van der Waals surface area contributed by atoms with Crippen LogP contribution in [0.4, 0.5) is 0 Å². The molecule has 0 spiro atoms. The van der Waals surface area contributed by atoms with Crippen LogP contribution in [-0.2, 0) is 11.3 Å². The summed E-state index contributed by atoms with van der Waals surface area (Å²) in [5.74, 6) is 2.01. The summed E-state index contributed by atoms with van der Waals surface area (Å²) in [7, 11) is 1.70. The highest BCUT2D eigenvalue weighted by Gasteiger charge is 2.37. The van der Waals surface area contributed by atoms with Gasteiger partial charge in [0.2, 0.25) is 5.91 Å². The maximum absolute atomic E-state index is 13.2. The van der Waals surface area contributed by atoms with Crippen molar-refractivity contribution in [2.75, 3.05) is 20.2 Å². The van der Waals surface area contributed by atoms with Crippen molar-refractivity contribution >= 4 is 5.91 Å². The molecule has 142 valence electrons. The van der Waals surface area contributed by atoms with Gasteiger partial charge in [-0.25, -0.2) is 0 Å². The fraction of sp³-hybridized carbons (Fsp3) is 0.682. The van der Waals surface area contributed by atoms with E-state index in [1.54, 1.807) is 7.11 Å². The number of benzene rings is 1. The first-order chi connectivity index (χ1) is 12.7. The number of likely N-dealkylation sites (tertiary alicyclic amines) is 1. The standard InChI is InChI=1S/C22H32N2O2/c1-26-20-12-8-17(9-13-20)15-23(19-10-11-19)16-22(25)24-14-4-6-18-5-2-3-7-21(18)24/h8-9,12-13,18-19,21H,2-7,10-11,14-16H2,1H3/t18-,21+/m1/s1. The minimum Gasteiger partial charge on any atom is -0.497 e. The van der Waals surface area contributed by atoms with Crippen molar-refractivity contribution in [1.29, 1.82) is 0 Å². The summed E-state index contributed by atoms with van der Waals surface area (Å²) in [6.07, 6.45) is 10.2. The number of ether oxygens (including phenoxy) is 1. The quantitative estimate of drug-likeness (QED) is 0.776. The summed E-state index contributed by atoms with van der Waals surface area (Å²) in [6.45, 7) is 2.42. The first-order valence-corrected chi connectivity index (χ1v) is 10.4. The molecule has 1 aromatic carbocycles. The molecular weight excluding hydrogens is 324 g/mol. The van der Waals surface area contributed by atoms with Crippen LogP contribution in [0.25, 0.3) is 0 Å². The highest BCUT2D eigenvalue weighted by molar-refractivity contribution is 5.79. The van der Waals surface area contributed by atoms with E-state index in [0.717, 1.165) is 24.8 Å². The van der Waals surface area contributed by atoms with E-state index in [0.29, 0.717) is 24.5 Å². The van der Waals surface area contributed by atoms with Crippen molar-refractivity contribution < 1.29 is 9.53 Å². The van der Waals surface area contributed by atoms with Gasteiger partial charge >= 0.3 is 0 Å². The van der Waals surface area contributed by atoms with Gasteiger partial charge in [-0.1, -0.05) is 25.0 Å². The van der Waals surface area contributed by atoms with Gasteiger partial charge in [-0.15, -0.1) is 0 Å². The maximum Gasteiger partial charge on any atom is 0.237 e. The molecule has 1 heterocycles. The molecule has 1 aromatic rings. The number of hydrogen-bond acceptors (Lipinski definition) is 3. The van der Waals surface area contributed by atoms with E-state index in [4.69, 9.17) is 4.74 Å². The number of methoxy groups -OCH3 is 1. The zero-order valence-corrected chi connectivity index (χ0v) is 16.0. The Labute approximate surface area is 157 Å². The van der Waals surface area contributed by atoms with Gasteiger partial charge in [0.1, 0.15) is 5.75 Å². The van der Waals surface area contributed by atoms with Gasteiger partial charge in [-0.05, 0) is 62.1 Å². The fourth-order valence-corrected chi connectivity index (χ4v) is 4.92. The van der Waals surface area contributed by atoms with Gasteiger partial charge in [-0.3, -0.25) is 9.69 Å². The molecule has 3 fully saturated rings. The summed E-state index contributed by atoms with van der Waals surface area (Å²) in [6, 6.07) is 9.38. The molecule has 4 heteroatoms. The van der Waals surface area contributed by atoms with E-state index >= 15 is 0 Å².